The van der Waals surface area contributed by atoms with Crippen LogP contribution in [0.4, 0.5) is 10.5 Å². The van der Waals surface area contributed by atoms with Gasteiger partial charge in [0.1, 0.15) is 5.60 Å². The Bertz CT molecular complexity index is 723. The molecule has 1 heterocycles. The first-order valence-electron chi connectivity index (χ1n) is 7.54. The first-order chi connectivity index (χ1) is 11.0. The Morgan fingerprint density at radius 1 is 1.21 bits per heavy atom. The summed E-state index contributed by atoms with van der Waals surface area (Å²) >= 11 is 5.91. The number of hydrogen-bond acceptors (Lipinski definition) is 5. The molecule has 9 heteroatoms. The number of anilines is 1. The maximum Gasteiger partial charge on any atom is 0.410 e. The second kappa shape index (κ2) is 6.78. The van der Waals surface area contributed by atoms with E-state index in [0.717, 1.165) is 0 Å². The molecule has 0 saturated carbocycles. The van der Waals surface area contributed by atoms with Crippen LogP contribution in [0.2, 0.25) is 5.02 Å². The summed E-state index contributed by atoms with van der Waals surface area (Å²) in [5.41, 5.74) is 5.36. The summed E-state index contributed by atoms with van der Waals surface area (Å²) < 4.78 is 31.9. The summed E-state index contributed by atoms with van der Waals surface area (Å²) in [7, 11) is -3.67. The number of nitrogens with two attached hydrogens (primary N) is 1. The van der Waals surface area contributed by atoms with Crippen LogP contribution in [0.5, 0.6) is 0 Å². The van der Waals surface area contributed by atoms with Gasteiger partial charge in [0.25, 0.3) is 0 Å². The van der Waals surface area contributed by atoms with Gasteiger partial charge in [-0.15, -0.1) is 0 Å². The molecule has 24 heavy (non-hydrogen) atoms. The zero-order valence-electron chi connectivity index (χ0n) is 14.0. The Balaban J connectivity index is 2.05. The van der Waals surface area contributed by atoms with Gasteiger partial charge in [-0.25, -0.2) is 13.2 Å². The summed E-state index contributed by atoms with van der Waals surface area (Å²) in [6.45, 7) is 6.31. The van der Waals surface area contributed by atoms with E-state index in [9.17, 15) is 13.2 Å². The SMILES string of the molecule is CC(C)(C)OC(=O)N1CCN(S(=O)(=O)c2ccc(N)c(Cl)c2)CC1. The van der Waals surface area contributed by atoms with Crippen molar-refractivity contribution in [3.05, 3.63) is 23.2 Å². The fourth-order valence-corrected chi connectivity index (χ4v) is 3.95. The summed E-state index contributed by atoms with van der Waals surface area (Å²) in [6, 6.07) is 4.23. The van der Waals surface area contributed by atoms with E-state index in [1.165, 1.54) is 27.4 Å². The number of halogens is 1. The highest BCUT2D eigenvalue weighted by molar-refractivity contribution is 7.89. The lowest BCUT2D eigenvalue weighted by Crippen LogP contribution is -2.51. The van der Waals surface area contributed by atoms with Gasteiger partial charge in [0, 0.05) is 26.2 Å². The third-order valence-corrected chi connectivity index (χ3v) is 5.72. The Morgan fingerprint density at radius 3 is 2.29 bits per heavy atom. The molecule has 1 aromatic rings. The molecular weight excluding hydrogens is 354 g/mol. The van der Waals surface area contributed by atoms with Crippen LogP contribution >= 0.6 is 11.6 Å². The van der Waals surface area contributed by atoms with Gasteiger partial charge in [0.2, 0.25) is 10.0 Å². The second-order valence-electron chi connectivity index (χ2n) is 6.55. The zero-order valence-corrected chi connectivity index (χ0v) is 15.5. The molecule has 0 radical (unpaired) electrons. The van der Waals surface area contributed by atoms with Crippen molar-refractivity contribution in [2.45, 2.75) is 31.3 Å². The van der Waals surface area contributed by atoms with E-state index >= 15 is 0 Å². The minimum atomic E-state index is -3.67. The topological polar surface area (TPSA) is 92.9 Å². The number of piperazine rings is 1. The van der Waals surface area contributed by atoms with Crippen molar-refractivity contribution in [2.24, 2.45) is 0 Å². The molecule has 1 saturated heterocycles. The van der Waals surface area contributed by atoms with Crippen LogP contribution in [0, 0.1) is 0 Å². The van der Waals surface area contributed by atoms with Gasteiger partial charge in [0.15, 0.2) is 0 Å². The fraction of sp³-hybridized carbons (Fsp3) is 0.533. The van der Waals surface area contributed by atoms with Crippen LogP contribution in [0.1, 0.15) is 20.8 Å². The smallest absolute Gasteiger partial charge is 0.410 e. The molecule has 2 N–H and O–H groups in total. The summed E-state index contributed by atoms with van der Waals surface area (Å²) in [5, 5.41) is 0.198. The number of hydrogen-bond donors (Lipinski definition) is 1. The van der Waals surface area contributed by atoms with Crippen LogP contribution in [0.3, 0.4) is 0 Å². The molecule has 0 atom stereocenters. The highest BCUT2D eigenvalue weighted by Crippen LogP contribution is 2.25. The van der Waals surface area contributed by atoms with Gasteiger partial charge >= 0.3 is 6.09 Å². The lowest BCUT2D eigenvalue weighted by molar-refractivity contribution is 0.0192. The van der Waals surface area contributed by atoms with Gasteiger partial charge in [-0.3, -0.25) is 0 Å². The number of nitrogens with zero attached hydrogens (tertiary/aromatic N) is 2. The molecule has 0 unspecified atom stereocenters. The number of carbonyl (C=O) groups excluding carboxylic acids is 1. The molecule has 134 valence electrons. The average molecular weight is 376 g/mol. The first-order valence-corrected chi connectivity index (χ1v) is 9.35. The molecule has 1 amide bonds. The number of nitrogen functional groups attached to an aromatic ring is 1. The molecule has 0 aliphatic carbocycles. The van der Waals surface area contributed by atoms with Gasteiger partial charge in [0.05, 0.1) is 15.6 Å². The highest BCUT2D eigenvalue weighted by atomic mass is 35.5. The maximum absolute atomic E-state index is 12.6. The van der Waals surface area contributed by atoms with E-state index in [1.54, 1.807) is 20.8 Å². The highest BCUT2D eigenvalue weighted by Gasteiger charge is 2.32. The summed E-state index contributed by atoms with van der Waals surface area (Å²) in [4.78, 5) is 13.6. The van der Waals surface area contributed by atoms with Crippen molar-refractivity contribution in [1.82, 2.24) is 9.21 Å². The van der Waals surface area contributed by atoms with Crippen molar-refractivity contribution >= 4 is 33.4 Å². The Kier molecular flexibility index (Phi) is 5.31. The molecule has 7 nitrogen and oxygen atoms in total. The third kappa shape index (κ3) is 4.31. The second-order valence-corrected chi connectivity index (χ2v) is 8.90. The zero-order chi connectivity index (χ0) is 18.1. The van der Waals surface area contributed by atoms with Crippen LogP contribution in [0.25, 0.3) is 0 Å². The number of ether oxygens (including phenoxy) is 1. The van der Waals surface area contributed by atoms with E-state index in [-0.39, 0.29) is 36.1 Å². The summed E-state index contributed by atoms with van der Waals surface area (Å²) in [5.74, 6) is 0. The lowest BCUT2D eigenvalue weighted by Gasteiger charge is -2.35. The van der Waals surface area contributed by atoms with E-state index in [2.05, 4.69) is 0 Å². The van der Waals surface area contributed by atoms with E-state index in [4.69, 9.17) is 22.1 Å². The molecule has 1 aliphatic heterocycles. The number of rotatable bonds is 2. The number of carbonyl (C=O) groups is 1. The Labute approximate surface area is 147 Å². The van der Waals surface area contributed by atoms with Gasteiger partial charge < -0.3 is 15.4 Å². The van der Waals surface area contributed by atoms with Crippen LogP contribution in [0.15, 0.2) is 23.1 Å². The molecule has 0 spiro atoms. The standard InChI is InChI=1S/C15H22ClN3O4S/c1-15(2,3)23-14(20)18-6-8-19(9-7-18)24(21,22)11-4-5-13(17)12(16)10-11/h4-5,10H,6-9,17H2,1-3H3. The fourth-order valence-electron chi connectivity index (χ4n) is 2.25. The molecule has 2 rings (SSSR count). The molecule has 0 aromatic heterocycles. The molecule has 1 aliphatic rings. The van der Waals surface area contributed by atoms with E-state index in [1.807, 2.05) is 0 Å². The summed E-state index contributed by atoms with van der Waals surface area (Å²) in [6.07, 6.45) is -0.435. The first kappa shape index (κ1) is 18.8. The van der Waals surface area contributed by atoms with E-state index < -0.39 is 21.7 Å². The minimum Gasteiger partial charge on any atom is -0.444 e. The predicted octanol–water partition coefficient (Wildman–Crippen LogP) is 2.16. The monoisotopic (exact) mass is 375 g/mol. The van der Waals surface area contributed by atoms with Gasteiger partial charge in [-0.2, -0.15) is 4.31 Å². The normalized spacial score (nSPS) is 16.9. The van der Waals surface area contributed by atoms with Gasteiger partial charge in [-0.1, -0.05) is 11.6 Å². The minimum absolute atomic E-state index is 0.0902. The predicted molar refractivity (Wildman–Crippen MR) is 92.4 cm³/mol. The number of amides is 1. The molecule has 1 aromatic carbocycles. The van der Waals surface area contributed by atoms with E-state index in [0.29, 0.717) is 5.69 Å². The van der Waals surface area contributed by atoms with Crippen molar-refractivity contribution in [2.75, 3.05) is 31.9 Å². The Morgan fingerprint density at radius 2 is 1.79 bits per heavy atom. The number of benzene rings is 1. The van der Waals surface area contributed by atoms with Gasteiger partial charge in [-0.05, 0) is 39.0 Å². The average Bonchev–Trinajstić information content (AvgIpc) is 2.48. The lowest BCUT2D eigenvalue weighted by atomic mass is 10.2. The number of sulfonamides is 1. The van der Waals surface area contributed by atoms with Crippen molar-refractivity contribution in [1.29, 1.82) is 0 Å². The van der Waals surface area contributed by atoms with Crippen LogP contribution in [-0.4, -0.2) is 55.5 Å². The van der Waals surface area contributed by atoms with Crippen LogP contribution < -0.4 is 5.73 Å². The van der Waals surface area contributed by atoms with Crippen molar-refractivity contribution in [3.63, 3.8) is 0 Å². The molecule has 1 fully saturated rings. The Hall–Kier alpha value is -1.51. The van der Waals surface area contributed by atoms with Crippen molar-refractivity contribution < 1.29 is 17.9 Å². The quantitative estimate of drug-likeness (QED) is 0.799. The third-order valence-electron chi connectivity index (χ3n) is 3.50. The largest absolute Gasteiger partial charge is 0.444 e. The molecule has 0 bridgehead atoms. The molecular formula is C15H22ClN3O4S. The van der Waals surface area contributed by atoms with Crippen molar-refractivity contribution in [3.8, 4) is 0 Å². The maximum atomic E-state index is 12.6. The van der Waals surface area contributed by atoms with Crippen LogP contribution in [-0.2, 0) is 14.8 Å².